The van der Waals surface area contributed by atoms with Crippen LogP contribution in [0, 0.1) is 5.92 Å². The van der Waals surface area contributed by atoms with Gasteiger partial charge in [-0.2, -0.15) is 0 Å². The fourth-order valence-electron chi connectivity index (χ4n) is 4.31. The van der Waals surface area contributed by atoms with Crippen LogP contribution in [0.2, 0.25) is 0 Å². The normalized spacial score (nSPS) is 20.8. The van der Waals surface area contributed by atoms with Gasteiger partial charge >= 0.3 is 13.1 Å². The Morgan fingerprint density at radius 3 is 2.44 bits per heavy atom. The predicted octanol–water partition coefficient (Wildman–Crippen LogP) is 2.07. The minimum atomic E-state index is -1.28. The molecule has 11 heteroatoms. The molecule has 39 heavy (non-hydrogen) atoms. The molecule has 0 saturated carbocycles. The monoisotopic (exact) mass is 538 g/mol. The van der Waals surface area contributed by atoms with Crippen LogP contribution in [0.15, 0.2) is 48.5 Å². The van der Waals surface area contributed by atoms with E-state index in [1.807, 2.05) is 63.1 Å². The molecule has 0 radical (unpaired) electrons. The van der Waals surface area contributed by atoms with Crippen LogP contribution >= 0.6 is 0 Å². The summed E-state index contributed by atoms with van der Waals surface area (Å²) >= 11 is 0. The van der Waals surface area contributed by atoms with Crippen molar-refractivity contribution in [1.82, 2.24) is 20.5 Å². The molecule has 2 heterocycles. The molecule has 1 fully saturated rings. The molecule has 3 N–H and O–H groups in total. The number of rotatable bonds is 9. The third kappa shape index (κ3) is 8.11. The first-order chi connectivity index (χ1) is 18.5. The van der Waals surface area contributed by atoms with Crippen LogP contribution in [-0.4, -0.2) is 83.7 Å². The summed E-state index contributed by atoms with van der Waals surface area (Å²) in [5.41, 5.74) is 1.56. The van der Waals surface area contributed by atoms with E-state index < -0.39 is 49.0 Å². The smallest absolute Gasteiger partial charge is 0.507 e. The van der Waals surface area contributed by atoms with Gasteiger partial charge in [0.05, 0.1) is 17.7 Å². The number of carbonyl (C=O) groups is 3. The molecular weight excluding hydrogens is 499 g/mol. The number of carbonyl (C=O) groups excluding carboxylic acids is 3. The Hall–Kier alpha value is -3.28. The number of aliphatic hydroxyl groups excluding tert-OH is 1. The van der Waals surface area contributed by atoms with E-state index >= 15 is 0 Å². The van der Waals surface area contributed by atoms with Crippen LogP contribution < -0.4 is 10.6 Å². The standard InChI is InChI=1S/C28H39BN4O6/c1-17(2)15-24(29-38-16-18(3)33(6)19(4)28(37)39-29)31-27(36)25(20(5)34)32-26(35)23-14-10-13-22(30-23)21-11-8-7-9-12-21/h7-14,17-20,24-25,34H,15-16H2,1-6H3,(H,31,36)(H,32,35)/t18-,19+,20-,24+,25?/m1/s1. The number of hydrogen-bond acceptors (Lipinski definition) is 8. The zero-order valence-electron chi connectivity index (χ0n) is 23.5. The third-order valence-corrected chi connectivity index (χ3v) is 6.87. The number of benzene rings is 1. The van der Waals surface area contributed by atoms with Gasteiger partial charge in [-0.1, -0.05) is 50.2 Å². The maximum absolute atomic E-state index is 13.4. The maximum Gasteiger partial charge on any atom is 0.551 e. The minimum Gasteiger partial charge on any atom is -0.507 e. The first-order valence-electron chi connectivity index (χ1n) is 13.3. The van der Waals surface area contributed by atoms with E-state index in [4.69, 9.17) is 9.31 Å². The molecule has 1 aromatic carbocycles. The lowest BCUT2D eigenvalue weighted by atomic mass is 9.73. The van der Waals surface area contributed by atoms with Crippen LogP contribution in [0.4, 0.5) is 0 Å². The highest BCUT2D eigenvalue weighted by molar-refractivity contribution is 6.49. The number of aliphatic hydroxyl groups is 1. The Morgan fingerprint density at radius 1 is 1.10 bits per heavy atom. The molecule has 0 spiro atoms. The number of aromatic nitrogens is 1. The molecule has 0 aliphatic carbocycles. The molecule has 0 bridgehead atoms. The van der Waals surface area contributed by atoms with Crippen LogP contribution in [0.3, 0.4) is 0 Å². The molecule has 5 atom stereocenters. The second kappa shape index (κ2) is 13.7. The van der Waals surface area contributed by atoms with Crippen LogP contribution in [0.5, 0.6) is 0 Å². The summed E-state index contributed by atoms with van der Waals surface area (Å²) in [6.45, 7) is 9.37. The van der Waals surface area contributed by atoms with E-state index in [1.165, 1.54) is 6.92 Å². The Kier molecular flexibility index (Phi) is 10.6. The van der Waals surface area contributed by atoms with Crippen molar-refractivity contribution in [2.24, 2.45) is 5.92 Å². The Labute approximate surface area is 230 Å². The fraction of sp³-hybridized carbons (Fsp3) is 0.500. The predicted molar refractivity (Wildman–Crippen MR) is 148 cm³/mol. The van der Waals surface area contributed by atoms with Crippen LogP contribution in [-0.2, 0) is 18.9 Å². The van der Waals surface area contributed by atoms with Gasteiger partial charge in [0.15, 0.2) is 0 Å². The number of nitrogens with one attached hydrogen (secondary N) is 2. The van der Waals surface area contributed by atoms with Crippen molar-refractivity contribution in [2.75, 3.05) is 13.7 Å². The maximum atomic E-state index is 13.4. The average molecular weight is 538 g/mol. The van der Waals surface area contributed by atoms with Crippen LogP contribution in [0.1, 0.15) is 51.5 Å². The van der Waals surface area contributed by atoms with E-state index in [2.05, 4.69) is 15.6 Å². The van der Waals surface area contributed by atoms with Crippen LogP contribution in [0.25, 0.3) is 11.3 Å². The number of hydrogen-bond donors (Lipinski definition) is 3. The van der Waals surface area contributed by atoms with E-state index in [9.17, 15) is 19.5 Å². The van der Waals surface area contributed by atoms with Crippen molar-refractivity contribution in [3.05, 3.63) is 54.2 Å². The minimum absolute atomic E-state index is 0.0469. The van der Waals surface area contributed by atoms with Gasteiger partial charge in [-0.05, 0) is 52.3 Å². The lowest BCUT2D eigenvalue weighted by molar-refractivity contribution is -0.144. The van der Waals surface area contributed by atoms with Crippen molar-refractivity contribution >= 4 is 24.9 Å². The first kappa shape index (κ1) is 30.3. The van der Waals surface area contributed by atoms with Gasteiger partial charge in [0.1, 0.15) is 17.8 Å². The number of nitrogens with zero attached hydrogens (tertiary/aromatic N) is 2. The molecule has 1 saturated heterocycles. The highest BCUT2D eigenvalue weighted by Crippen LogP contribution is 2.18. The van der Waals surface area contributed by atoms with Crippen molar-refractivity contribution in [1.29, 1.82) is 0 Å². The van der Waals surface area contributed by atoms with E-state index in [-0.39, 0.29) is 17.7 Å². The van der Waals surface area contributed by atoms with Gasteiger partial charge in [-0.25, -0.2) is 4.98 Å². The molecule has 210 valence electrons. The molecule has 1 aromatic heterocycles. The molecule has 10 nitrogen and oxygen atoms in total. The van der Waals surface area contributed by atoms with Crippen molar-refractivity contribution < 1.29 is 28.8 Å². The first-order valence-corrected chi connectivity index (χ1v) is 13.3. The molecule has 1 unspecified atom stereocenters. The molecule has 1 aliphatic heterocycles. The van der Waals surface area contributed by atoms with E-state index in [1.54, 1.807) is 25.1 Å². The average Bonchev–Trinajstić information content (AvgIpc) is 2.91. The fourth-order valence-corrected chi connectivity index (χ4v) is 4.31. The number of likely N-dealkylation sites (N-methyl/N-ethyl adjacent to an activating group) is 1. The second-order valence-electron chi connectivity index (χ2n) is 10.5. The summed E-state index contributed by atoms with van der Waals surface area (Å²) < 4.78 is 11.6. The quantitative estimate of drug-likeness (QED) is 0.414. The SMILES string of the molecule is CC(C)C[C@H](NC(=O)C(NC(=O)c1cccc(-c2ccccc2)n1)[C@@H](C)O)B1OC[C@@H](C)N(C)[C@@H](C)C(=O)O1. The Morgan fingerprint density at radius 2 is 1.79 bits per heavy atom. The van der Waals surface area contributed by atoms with Gasteiger partial charge in [-0.15, -0.1) is 0 Å². The third-order valence-electron chi connectivity index (χ3n) is 6.87. The van der Waals surface area contributed by atoms with Gasteiger partial charge in [0.2, 0.25) is 5.91 Å². The number of pyridine rings is 1. The van der Waals surface area contributed by atoms with Gasteiger partial charge < -0.3 is 25.0 Å². The summed E-state index contributed by atoms with van der Waals surface area (Å²) in [5, 5.41) is 15.9. The Balaban J connectivity index is 1.76. The zero-order chi connectivity index (χ0) is 28.7. The Bertz CT molecular complexity index is 1130. The van der Waals surface area contributed by atoms with Crippen molar-refractivity contribution in [2.45, 2.75) is 71.2 Å². The van der Waals surface area contributed by atoms with Gasteiger partial charge in [-0.3, -0.25) is 19.3 Å². The summed E-state index contributed by atoms with van der Waals surface area (Å²) in [5.74, 6) is -2.24. The van der Waals surface area contributed by atoms with E-state index in [0.29, 0.717) is 18.7 Å². The second-order valence-corrected chi connectivity index (χ2v) is 10.5. The molecule has 2 amide bonds. The molecule has 1 aliphatic rings. The summed E-state index contributed by atoms with van der Waals surface area (Å²) in [6, 6.07) is 12.6. The lowest BCUT2D eigenvalue weighted by Crippen LogP contribution is -2.60. The van der Waals surface area contributed by atoms with Crippen molar-refractivity contribution in [3.63, 3.8) is 0 Å². The van der Waals surface area contributed by atoms with Gasteiger partial charge in [0.25, 0.3) is 5.91 Å². The summed E-state index contributed by atoms with van der Waals surface area (Å²) in [6.07, 6.45) is -0.760. The van der Waals surface area contributed by atoms with E-state index in [0.717, 1.165) is 5.56 Å². The summed E-state index contributed by atoms with van der Waals surface area (Å²) in [7, 11) is 0.811. The lowest BCUT2D eigenvalue weighted by Gasteiger charge is -2.36. The molecule has 2 aromatic rings. The zero-order valence-corrected chi connectivity index (χ0v) is 23.5. The number of amides is 2. The topological polar surface area (TPSA) is 130 Å². The largest absolute Gasteiger partial charge is 0.551 e. The molecular formula is C28H39BN4O6. The summed E-state index contributed by atoms with van der Waals surface area (Å²) in [4.78, 5) is 45.5. The highest BCUT2D eigenvalue weighted by Gasteiger charge is 2.41. The van der Waals surface area contributed by atoms with Gasteiger partial charge in [0, 0.05) is 18.2 Å². The van der Waals surface area contributed by atoms with Crippen molar-refractivity contribution in [3.8, 4) is 11.3 Å². The highest BCUT2D eigenvalue weighted by atomic mass is 16.6. The molecule has 3 rings (SSSR count).